The molecule has 15 heavy (non-hydrogen) atoms. The fourth-order valence-corrected chi connectivity index (χ4v) is 1.87. The first-order valence-electron chi connectivity index (χ1n) is 4.60. The zero-order valence-corrected chi connectivity index (χ0v) is 8.84. The molecule has 0 aliphatic carbocycles. The number of nitriles is 1. The molecule has 0 fully saturated rings. The normalized spacial score (nSPS) is 9.80. The summed E-state index contributed by atoms with van der Waals surface area (Å²) in [5.41, 5.74) is 1.26. The van der Waals surface area contributed by atoms with E-state index in [1.165, 1.54) is 16.9 Å². The molecule has 2 N–H and O–H groups in total. The number of H-pyrrole nitrogens is 1. The Balaban J connectivity index is 1.81. The van der Waals surface area contributed by atoms with Crippen LogP contribution in [0.5, 0.6) is 0 Å². The lowest BCUT2D eigenvalue weighted by molar-refractivity contribution is 1.02. The number of rotatable bonds is 4. The maximum absolute atomic E-state index is 8.62. The molecular formula is C10H10N4S. The molecule has 0 unspecified atom stereocenters. The highest BCUT2D eigenvalue weighted by Crippen LogP contribution is 2.16. The van der Waals surface area contributed by atoms with Crippen molar-refractivity contribution in [1.29, 1.82) is 5.26 Å². The van der Waals surface area contributed by atoms with Crippen LogP contribution in [0, 0.1) is 11.3 Å². The predicted molar refractivity (Wildman–Crippen MR) is 59.8 cm³/mol. The van der Waals surface area contributed by atoms with Gasteiger partial charge in [-0.1, -0.05) is 11.3 Å². The minimum atomic E-state index is 0.638. The van der Waals surface area contributed by atoms with Crippen molar-refractivity contribution in [3.05, 3.63) is 35.1 Å². The summed E-state index contributed by atoms with van der Waals surface area (Å²) in [7, 11) is 0. The van der Waals surface area contributed by atoms with Crippen LogP contribution in [0.3, 0.4) is 0 Å². The third kappa shape index (κ3) is 2.58. The SMILES string of the molecule is N#Cc1cnc(NCCc2cc[nH]c2)s1. The van der Waals surface area contributed by atoms with E-state index in [2.05, 4.69) is 21.4 Å². The molecule has 0 saturated heterocycles. The van der Waals surface area contributed by atoms with Crippen LogP contribution < -0.4 is 5.32 Å². The van der Waals surface area contributed by atoms with Crippen molar-refractivity contribution in [3.8, 4) is 6.07 Å². The second-order valence-corrected chi connectivity index (χ2v) is 4.07. The molecule has 0 saturated carbocycles. The molecule has 2 rings (SSSR count). The fourth-order valence-electron chi connectivity index (χ4n) is 1.24. The van der Waals surface area contributed by atoms with Gasteiger partial charge in [-0.25, -0.2) is 4.98 Å². The molecule has 2 aromatic heterocycles. The standard InChI is InChI=1S/C10H10N4S/c11-5-9-7-14-10(15-9)13-4-2-8-1-3-12-6-8/h1,3,6-7,12H,2,4H2,(H,13,14). The Morgan fingerprint density at radius 1 is 1.60 bits per heavy atom. The highest BCUT2D eigenvalue weighted by Gasteiger charge is 1.99. The van der Waals surface area contributed by atoms with Gasteiger partial charge in [0.2, 0.25) is 0 Å². The number of hydrogen-bond donors (Lipinski definition) is 2. The topological polar surface area (TPSA) is 64.5 Å². The summed E-state index contributed by atoms with van der Waals surface area (Å²) < 4.78 is 0. The maximum Gasteiger partial charge on any atom is 0.183 e. The predicted octanol–water partition coefficient (Wildman–Crippen LogP) is 2.00. The van der Waals surface area contributed by atoms with E-state index in [-0.39, 0.29) is 0 Å². The van der Waals surface area contributed by atoms with Crippen LogP contribution in [0.1, 0.15) is 10.4 Å². The molecule has 4 nitrogen and oxygen atoms in total. The van der Waals surface area contributed by atoms with Crippen LogP contribution in [-0.2, 0) is 6.42 Å². The van der Waals surface area contributed by atoms with Gasteiger partial charge in [-0.2, -0.15) is 5.26 Å². The van der Waals surface area contributed by atoms with Gasteiger partial charge in [-0.15, -0.1) is 0 Å². The third-order valence-corrected chi connectivity index (χ3v) is 2.83. The number of nitrogens with one attached hydrogen (secondary N) is 2. The molecule has 2 aromatic rings. The fraction of sp³-hybridized carbons (Fsp3) is 0.200. The molecule has 0 amide bonds. The summed E-state index contributed by atoms with van der Waals surface area (Å²) in [4.78, 5) is 7.73. The first kappa shape index (κ1) is 9.74. The van der Waals surface area contributed by atoms with Crippen molar-refractivity contribution in [2.24, 2.45) is 0 Å². The van der Waals surface area contributed by atoms with Gasteiger partial charge >= 0.3 is 0 Å². The summed E-state index contributed by atoms with van der Waals surface area (Å²) in [6.07, 6.45) is 6.42. The molecule has 0 atom stereocenters. The maximum atomic E-state index is 8.62. The zero-order chi connectivity index (χ0) is 10.5. The van der Waals surface area contributed by atoms with Crippen molar-refractivity contribution in [1.82, 2.24) is 9.97 Å². The zero-order valence-electron chi connectivity index (χ0n) is 8.03. The van der Waals surface area contributed by atoms with E-state index in [4.69, 9.17) is 5.26 Å². The highest BCUT2D eigenvalue weighted by atomic mass is 32.1. The Bertz CT molecular complexity index is 452. The number of anilines is 1. The molecule has 2 heterocycles. The van der Waals surface area contributed by atoms with E-state index in [0.29, 0.717) is 4.88 Å². The van der Waals surface area contributed by atoms with Crippen LogP contribution in [0.4, 0.5) is 5.13 Å². The van der Waals surface area contributed by atoms with E-state index in [9.17, 15) is 0 Å². The van der Waals surface area contributed by atoms with Crippen molar-refractivity contribution in [2.45, 2.75) is 6.42 Å². The number of hydrogen-bond acceptors (Lipinski definition) is 4. The summed E-state index contributed by atoms with van der Waals surface area (Å²) in [6.45, 7) is 0.830. The second-order valence-electron chi connectivity index (χ2n) is 3.04. The second kappa shape index (κ2) is 4.62. The van der Waals surface area contributed by atoms with Gasteiger partial charge in [0.05, 0.1) is 6.20 Å². The van der Waals surface area contributed by atoms with E-state index in [1.54, 1.807) is 6.20 Å². The summed E-state index contributed by atoms with van der Waals surface area (Å²) in [6, 6.07) is 4.11. The summed E-state index contributed by atoms with van der Waals surface area (Å²) in [5.74, 6) is 0. The molecular weight excluding hydrogens is 208 g/mol. The third-order valence-electron chi connectivity index (χ3n) is 1.97. The first-order chi connectivity index (χ1) is 7.38. The lowest BCUT2D eigenvalue weighted by Crippen LogP contribution is -2.03. The van der Waals surface area contributed by atoms with E-state index in [0.717, 1.165) is 18.1 Å². The van der Waals surface area contributed by atoms with Gasteiger partial charge in [0.1, 0.15) is 10.9 Å². The Morgan fingerprint density at radius 2 is 2.53 bits per heavy atom. The quantitative estimate of drug-likeness (QED) is 0.825. The Morgan fingerprint density at radius 3 is 3.20 bits per heavy atom. The minimum absolute atomic E-state index is 0.638. The van der Waals surface area contributed by atoms with E-state index < -0.39 is 0 Å². The monoisotopic (exact) mass is 218 g/mol. The smallest absolute Gasteiger partial charge is 0.183 e. The van der Waals surface area contributed by atoms with Gasteiger partial charge in [-0.3, -0.25) is 0 Å². The highest BCUT2D eigenvalue weighted by molar-refractivity contribution is 7.16. The molecule has 5 heteroatoms. The van der Waals surface area contributed by atoms with Crippen molar-refractivity contribution >= 4 is 16.5 Å². The Labute approximate surface area is 91.6 Å². The van der Waals surface area contributed by atoms with Crippen LogP contribution in [0.15, 0.2) is 24.7 Å². The van der Waals surface area contributed by atoms with Crippen molar-refractivity contribution in [2.75, 3.05) is 11.9 Å². The minimum Gasteiger partial charge on any atom is -0.367 e. The average molecular weight is 218 g/mol. The molecule has 76 valence electrons. The van der Waals surface area contributed by atoms with Gasteiger partial charge in [0, 0.05) is 18.9 Å². The van der Waals surface area contributed by atoms with Crippen molar-refractivity contribution in [3.63, 3.8) is 0 Å². The molecule has 0 bridgehead atoms. The average Bonchev–Trinajstić information content (AvgIpc) is 2.88. The molecule has 0 spiro atoms. The molecule has 0 aliphatic heterocycles. The lowest BCUT2D eigenvalue weighted by atomic mass is 10.2. The van der Waals surface area contributed by atoms with E-state index >= 15 is 0 Å². The van der Waals surface area contributed by atoms with Gasteiger partial charge in [0.15, 0.2) is 5.13 Å². The lowest BCUT2D eigenvalue weighted by Gasteiger charge is -1.99. The molecule has 0 radical (unpaired) electrons. The van der Waals surface area contributed by atoms with Crippen LogP contribution in [-0.4, -0.2) is 16.5 Å². The van der Waals surface area contributed by atoms with Crippen LogP contribution in [0.25, 0.3) is 0 Å². The summed E-state index contributed by atoms with van der Waals surface area (Å²) >= 11 is 1.38. The van der Waals surface area contributed by atoms with E-state index in [1.807, 2.05) is 18.5 Å². The van der Waals surface area contributed by atoms with Gasteiger partial charge in [0.25, 0.3) is 0 Å². The van der Waals surface area contributed by atoms with Crippen LogP contribution in [0.2, 0.25) is 0 Å². The number of nitrogens with zero attached hydrogens (tertiary/aromatic N) is 2. The Kier molecular flexibility index (Phi) is 3.00. The van der Waals surface area contributed by atoms with Crippen LogP contribution >= 0.6 is 11.3 Å². The van der Waals surface area contributed by atoms with Gasteiger partial charge in [-0.05, 0) is 18.1 Å². The van der Waals surface area contributed by atoms with Crippen molar-refractivity contribution < 1.29 is 0 Å². The molecule has 0 aliphatic rings. The van der Waals surface area contributed by atoms with Gasteiger partial charge < -0.3 is 10.3 Å². The summed E-state index contributed by atoms with van der Waals surface area (Å²) in [5, 5.41) is 12.6. The number of aromatic amines is 1. The number of aromatic nitrogens is 2. The number of thiazole rings is 1. The first-order valence-corrected chi connectivity index (χ1v) is 5.41. The Hall–Kier alpha value is -1.80. The largest absolute Gasteiger partial charge is 0.367 e. The molecule has 0 aromatic carbocycles.